The molecule has 0 saturated heterocycles. The average Bonchev–Trinajstić information content (AvgIpc) is 2.31. The molecule has 102 valence electrons. The lowest BCUT2D eigenvalue weighted by molar-refractivity contribution is 0.401. The summed E-state index contributed by atoms with van der Waals surface area (Å²) in [5.41, 5.74) is 10.0. The van der Waals surface area contributed by atoms with Crippen molar-refractivity contribution in [1.82, 2.24) is 5.32 Å². The predicted octanol–water partition coefficient (Wildman–Crippen LogP) is 2.99. The smallest absolute Gasteiger partial charge is 0.0247 e. The minimum Gasteiger partial charge on any atom is -0.329 e. The molecule has 1 aromatic rings. The molecule has 1 aromatic carbocycles. The van der Waals surface area contributed by atoms with Gasteiger partial charge in [0.2, 0.25) is 0 Å². The fourth-order valence-electron chi connectivity index (χ4n) is 1.93. The van der Waals surface area contributed by atoms with Gasteiger partial charge in [0.25, 0.3) is 0 Å². The molecule has 0 fully saturated rings. The second kappa shape index (κ2) is 6.35. The fourth-order valence-corrected chi connectivity index (χ4v) is 1.93. The van der Waals surface area contributed by atoms with Gasteiger partial charge >= 0.3 is 0 Å². The van der Waals surface area contributed by atoms with Crippen LogP contribution in [0, 0.1) is 6.92 Å². The van der Waals surface area contributed by atoms with Crippen LogP contribution in [0.2, 0.25) is 0 Å². The van der Waals surface area contributed by atoms with E-state index in [1.54, 1.807) is 0 Å². The maximum Gasteiger partial charge on any atom is 0.0247 e. The fraction of sp³-hybridized carbons (Fsp3) is 0.625. The highest BCUT2D eigenvalue weighted by Crippen LogP contribution is 2.19. The topological polar surface area (TPSA) is 38.0 Å². The van der Waals surface area contributed by atoms with Gasteiger partial charge in [-0.15, -0.1) is 0 Å². The van der Waals surface area contributed by atoms with Gasteiger partial charge in [0, 0.05) is 12.1 Å². The van der Waals surface area contributed by atoms with E-state index in [1.165, 1.54) is 16.7 Å². The highest BCUT2D eigenvalue weighted by molar-refractivity contribution is 5.32. The molecule has 0 amide bonds. The van der Waals surface area contributed by atoms with Crippen molar-refractivity contribution < 1.29 is 0 Å². The molecule has 0 aliphatic carbocycles. The van der Waals surface area contributed by atoms with Crippen molar-refractivity contribution in [1.29, 1.82) is 0 Å². The first-order valence-electron chi connectivity index (χ1n) is 6.90. The van der Waals surface area contributed by atoms with E-state index >= 15 is 0 Å². The van der Waals surface area contributed by atoms with Gasteiger partial charge in [-0.3, -0.25) is 0 Å². The van der Waals surface area contributed by atoms with Crippen LogP contribution >= 0.6 is 0 Å². The van der Waals surface area contributed by atoms with Gasteiger partial charge in [-0.2, -0.15) is 0 Å². The monoisotopic (exact) mass is 248 g/mol. The van der Waals surface area contributed by atoms with Crippen LogP contribution in [0.5, 0.6) is 0 Å². The number of hydrogen-bond acceptors (Lipinski definition) is 2. The first-order valence-corrected chi connectivity index (χ1v) is 6.90. The Hall–Kier alpha value is -0.860. The van der Waals surface area contributed by atoms with Crippen molar-refractivity contribution >= 4 is 0 Å². The van der Waals surface area contributed by atoms with Gasteiger partial charge in [0.05, 0.1) is 0 Å². The number of nitrogens with one attached hydrogen (secondary N) is 1. The van der Waals surface area contributed by atoms with E-state index in [0.717, 1.165) is 13.0 Å². The molecule has 1 rings (SSSR count). The lowest BCUT2D eigenvalue weighted by atomic mass is 9.96. The van der Waals surface area contributed by atoms with E-state index < -0.39 is 0 Å². The summed E-state index contributed by atoms with van der Waals surface area (Å²) in [6.07, 6.45) is 1.07. The van der Waals surface area contributed by atoms with Gasteiger partial charge < -0.3 is 11.1 Å². The normalized spacial score (nSPS) is 12.2. The maximum absolute atomic E-state index is 5.72. The maximum atomic E-state index is 5.72. The Balaban J connectivity index is 2.64. The standard InChI is InChI=1S/C16H28N2/c1-12(2)14-7-6-13(3)15(10-14)8-9-18-16(4,5)11-17/h6-7,10,12,18H,8-9,11,17H2,1-5H3. The Bertz CT molecular complexity index is 381. The third-order valence-electron chi connectivity index (χ3n) is 3.55. The van der Waals surface area contributed by atoms with Crippen LogP contribution in [-0.4, -0.2) is 18.6 Å². The molecule has 0 saturated carbocycles. The second-order valence-electron chi connectivity index (χ2n) is 6.11. The molecule has 18 heavy (non-hydrogen) atoms. The first-order chi connectivity index (χ1) is 8.35. The SMILES string of the molecule is Cc1ccc(C(C)C)cc1CCNC(C)(C)CN. The summed E-state index contributed by atoms with van der Waals surface area (Å²) in [5.74, 6) is 0.595. The van der Waals surface area contributed by atoms with Crippen molar-refractivity contribution in [2.45, 2.75) is 52.5 Å². The molecule has 0 aromatic heterocycles. The van der Waals surface area contributed by atoms with Gasteiger partial charge in [-0.05, 0) is 56.3 Å². The summed E-state index contributed by atoms with van der Waals surface area (Å²) in [6, 6.07) is 6.82. The number of hydrogen-bond donors (Lipinski definition) is 2. The highest BCUT2D eigenvalue weighted by Gasteiger charge is 2.13. The van der Waals surface area contributed by atoms with E-state index in [-0.39, 0.29) is 5.54 Å². The van der Waals surface area contributed by atoms with E-state index in [2.05, 4.69) is 58.1 Å². The molecule has 0 unspecified atom stereocenters. The minimum atomic E-state index is 0.0313. The van der Waals surface area contributed by atoms with Crippen LogP contribution < -0.4 is 11.1 Å². The van der Waals surface area contributed by atoms with E-state index in [4.69, 9.17) is 5.73 Å². The Labute approximate surface area is 112 Å². The zero-order valence-electron chi connectivity index (χ0n) is 12.5. The molecular formula is C16H28N2. The van der Waals surface area contributed by atoms with Gasteiger partial charge in [-0.1, -0.05) is 32.0 Å². The summed E-state index contributed by atoms with van der Waals surface area (Å²) in [5, 5.41) is 3.51. The number of nitrogens with two attached hydrogens (primary N) is 1. The zero-order valence-corrected chi connectivity index (χ0v) is 12.5. The molecule has 2 nitrogen and oxygen atoms in total. The van der Waals surface area contributed by atoms with E-state index in [9.17, 15) is 0 Å². The van der Waals surface area contributed by atoms with Crippen molar-refractivity contribution in [2.24, 2.45) is 5.73 Å². The average molecular weight is 248 g/mol. The number of benzene rings is 1. The largest absolute Gasteiger partial charge is 0.329 e. The van der Waals surface area contributed by atoms with Gasteiger partial charge in [0.15, 0.2) is 0 Å². The molecule has 0 spiro atoms. The minimum absolute atomic E-state index is 0.0313. The van der Waals surface area contributed by atoms with Crippen molar-refractivity contribution in [3.63, 3.8) is 0 Å². The summed E-state index contributed by atoms with van der Waals surface area (Å²) < 4.78 is 0. The van der Waals surface area contributed by atoms with Gasteiger partial charge in [0.1, 0.15) is 0 Å². The zero-order chi connectivity index (χ0) is 13.8. The quantitative estimate of drug-likeness (QED) is 0.812. The third-order valence-corrected chi connectivity index (χ3v) is 3.55. The molecule has 0 aliphatic heterocycles. The summed E-state index contributed by atoms with van der Waals surface area (Å²) in [6.45, 7) is 12.6. The first kappa shape index (κ1) is 15.2. The summed E-state index contributed by atoms with van der Waals surface area (Å²) >= 11 is 0. The van der Waals surface area contributed by atoms with Crippen molar-refractivity contribution in [3.8, 4) is 0 Å². The highest BCUT2D eigenvalue weighted by atomic mass is 15.0. The van der Waals surface area contributed by atoms with Gasteiger partial charge in [-0.25, -0.2) is 0 Å². The molecule has 2 heteroatoms. The van der Waals surface area contributed by atoms with Crippen molar-refractivity contribution in [2.75, 3.05) is 13.1 Å². The van der Waals surface area contributed by atoms with Crippen LogP contribution in [0.4, 0.5) is 0 Å². The lowest BCUT2D eigenvalue weighted by Gasteiger charge is -2.24. The Kier molecular flexibility index (Phi) is 5.36. The van der Waals surface area contributed by atoms with E-state index in [0.29, 0.717) is 12.5 Å². The van der Waals surface area contributed by atoms with Crippen LogP contribution in [0.25, 0.3) is 0 Å². The molecule has 0 heterocycles. The lowest BCUT2D eigenvalue weighted by Crippen LogP contribution is -2.46. The second-order valence-corrected chi connectivity index (χ2v) is 6.11. The number of rotatable bonds is 6. The van der Waals surface area contributed by atoms with Crippen LogP contribution in [0.3, 0.4) is 0 Å². The van der Waals surface area contributed by atoms with E-state index in [1.807, 2.05) is 0 Å². The molecule has 0 aliphatic rings. The molecular weight excluding hydrogens is 220 g/mol. The molecule has 0 radical (unpaired) electrons. The van der Waals surface area contributed by atoms with Crippen molar-refractivity contribution in [3.05, 3.63) is 34.9 Å². The Morgan fingerprint density at radius 1 is 1.28 bits per heavy atom. The van der Waals surface area contributed by atoms with Crippen LogP contribution in [0.1, 0.15) is 50.3 Å². The summed E-state index contributed by atoms with van der Waals surface area (Å²) in [7, 11) is 0. The predicted molar refractivity (Wildman–Crippen MR) is 80.1 cm³/mol. The van der Waals surface area contributed by atoms with Crippen LogP contribution in [-0.2, 0) is 6.42 Å². The molecule has 0 bridgehead atoms. The Morgan fingerprint density at radius 3 is 2.50 bits per heavy atom. The number of aryl methyl sites for hydroxylation is 1. The Morgan fingerprint density at radius 2 is 1.94 bits per heavy atom. The molecule has 0 atom stereocenters. The third kappa shape index (κ3) is 4.43. The molecule has 3 N–H and O–H groups in total. The van der Waals surface area contributed by atoms with Crippen LogP contribution in [0.15, 0.2) is 18.2 Å². The summed E-state index contributed by atoms with van der Waals surface area (Å²) in [4.78, 5) is 0.